The molecule has 23 heavy (non-hydrogen) atoms. The first-order valence-corrected chi connectivity index (χ1v) is 8.15. The fraction of sp³-hybridized carbons (Fsp3) is 0.474. The Balaban J connectivity index is 2.18. The van der Waals surface area contributed by atoms with Crippen molar-refractivity contribution in [1.82, 2.24) is 15.1 Å². The predicted octanol–water partition coefficient (Wildman–Crippen LogP) is 3.40. The van der Waals surface area contributed by atoms with E-state index in [9.17, 15) is 4.79 Å². The van der Waals surface area contributed by atoms with Gasteiger partial charge in [-0.3, -0.25) is 9.48 Å². The van der Waals surface area contributed by atoms with Crippen LogP contribution in [0.15, 0.2) is 24.3 Å². The standard InChI is InChI=1S/C19H27N3O/c1-12(2)19(16-10-8-7-9-13(16)3)20-18(23)11-17-14(4)21-22(6)15(17)5/h7-10,12,19H,11H2,1-6H3,(H,20,23). The summed E-state index contributed by atoms with van der Waals surface area (Å²) in [5, 5.41) is 7.60. The van der Waals surface area contributed by atoms with Gasteiger partial charge in [-0.2, -0.15) is 5.10 Å². The first-order valence-electron chi connectivity index (χ1n) is 8.15. The largest absolute Gasteiger partial charge is 0.349 e. The Morgan fingerprint density at radius 3 is 2.39 bits per heavy atom. The highest BCUT2D eigenvalue weighted by Crippen LogP contribution is 2.25. The van der Waals surface area contributed by atoms with E-state index in [1.165, 1.54) is 11.1 Å². The van der Waals surface area contributed by atoms with Crippen LogP contribution >= 0.6 is 0 Å². The Kier molecular flexibility index (Phi) is 5.24. The summed E-state index contributed by atoms with van der Waals surface area (Å²) in [6.45, 7) is 10.3. The second kappa shape index (κ2) is 6.99. The zero-order valence-electron chi connectivity index (χ0n) is 15.0. The van der Waals surface area contributed by atoms with Gasteiger partial charge in [-0.1, -0.05) is 38.1 Å². The molecule has 1 aromatic carbocycles. The summed E-state index contributed by atoms with van der Waals surface area (Å²) in [7, 11) is 1.91. The summed E-state index contributed by atoms with van der Waals surface area (Å²) in [5.74, 6) is 0.377. The van der Waals surface area contributed by atoms with E-state index in [0.717, 1.165) is 17.0 Å². The third kappa shape index (κ3) is 3.81. The molecular weight excluding hydrogens is 286 g/mol. The fourth-order valence-corrected chi connectivity index (χ4v) is 3.00. The lowest BCUT2D eigenvalue weighted by Crippen LogP contribution is -2.33. The second-order valence-electron chi connectivity index (χ2n) is 6.60. The van der Waals surface area contributed by atoms with Crippen molar-refractivity contribution in [3.63, 3.8) is 0 Å². The zero-order valence-corrected chi connectivity index (χ0v) is 15.0. The van der Waals surface area contributed by atoms with Gasteiger partial charge in [-0.15, -0.1) is 0 Å². The number of hydrogen-bond donors (Lipinski definition) is 1. The van der Waals surface area contributed by atoms with E-state index < -0.39 is 0 Å². The highest BCUT2D eigenvalue weighted by molar-refractivity contribution is 5.79. The fourth-order valence-electron chi connectivity index (χ4n) is 3.00. The van der Waals surface area contributed by atoms with E-state index >= 15 is 0 Å². The van der Waals surface area contributed by atoms with Gasteiger partial charge in [0.2, 0.25) is 5.91 Å². The second-order valence-corrected chi connectivity index (χ2v) is 6.60. The van der Waals surface area contributed by atoms with Crippen LogP contribution < -0.4 is 5.32 Å². The Hall–Kier alpha value is -2.10. The molecule has 0 aliphatic rings. The zero-order chi connectivity index (χ0) is 17.1. The van der Waals surface area contributed by atoms with Crippen LogP contribution in [-0.2, 0) is 18.3 Å². The molecule has 124 valence electrons. The molecule has 4 heteroatoms. The molecule has 1 heterocycles. The molecule has 0 saturated carbocycles. The third-order valence-corrected chi connectivity index (χ3v) is 4.50. The molecule has 0 radical (unpaired) electrons. The van der Waals surface area contributed by atoms with Crippen LogP contribution in [0.5, 0.6) is 0 Å². The molecule has 1 atom stereocenters. The van der Waals surface area contributed by atoms with E-state index in [4.69, 9.17) is 0 Å². The number of hydrogen-bond acceptors (Lipinski definition) is 2. The maximum absolute atomic E-state index is 12.6. The summed E-state index contributed by atoms with van der Waals surface area (Å²) in [6, 6.07) is 8.27. The van der Waals surface area contributed by atoms with Crippen LogP contribution in [0.1, 0.15) is 48.0 Å². The van der Waals surface area contributed by atoms with E-state index in [-0.39, 0.29) is 11.9 Å². The summed E-state index contributed by atoms with van der Waals surface area (Å²) < 4.78 is 1.83. The molecule has 1 N–H and O–H groups in total. The van der Waals surface area contributed by atoms with Crippen molar-refractivity contribution < 1.29 is 4.79 Å². The molecule has 4 nitrogen and oxygen atoms in total. The number of carbonyl (C=O) groups is 1. The normalized spacial score (nSPS) is 12.5. The topological polar surface area (TPSA) is 46.9 Å². The molecule has 1 unspecified atom stereocenters. The van der Waals surface area contributed by atoms with Gasteiger partial charge in [0.05, 0.1) is 18.2 Å². The quantitative estimate of drug-likeness (QED) is 0.919. The SMILES string of the molecule is Cc1ccccc1C(NC(=O)Cc1c(C)nn(C)c1C)C(C)C. The number of carbonyl (C=O) groups excluding carboxylic acids is 1. The van der Waals surface area contributed by atoms with Crippen LogP contribution in [0.2, 0.25) is 0 Å². The van der Waals surface area contributed by atoms with Crippen LogP contribution in [0.3, 0.4) is 0 Å². The van der Waals surface area contributed by atoms with E-state index in [0.29, 0.717) is 12.3 Å². The minimum Gasteiger partial charge on any atom is -0.349 e. The van der Waals surface area contributed by atoms with Crippen molar-refractivity contribution in [3.8, 4) is 0 Å². The lowest BCUT2D eigenvalue weighted by atomic mass is 9.92. The number of amides is 1. The summed E-state index contributed by atoms with van der Waals surface area (Å²) >= 11 is 0. The summed E-state index contributed by atoms with van der Waals surface area (Å²) in [5.41, 5.74) is 5.40. The minimum absolute atomic E-state index is 0.0287. The third-order valence-electron chi connectivity index (χ3n) is 4.50. The Bertz CT molecular complexity index is 701. The monoisotopic (exact) mass is 313 g/mol. The molecule has 1 amide bonds. The van der Waals surface area contributed by atoms with Gasteiger partial charge >= 0.3 is 0 Å². The van der Waals surface area contributed by atoms with Crippen molar-refractivity contribution >= 4 is 5.91 Å². The molecule has 2 rings (SSSR count). The van der Waals surface area contributed by atoms with Gasteiger partial charge in [0.25, 0.3) is 0 Å². The van der Waals surface area contributed by atoms with Crippen molar-refractivity contribution in [3.05, 3.63) is 52.3 Å². The lowest BCUT2D eigenvalue weighted by Gasteiger charge is -2.24. The highest BCUT2D eigenvalue weighted by Gasteiger charge is 2.21. The summed E-state index contributed by atoms with van der Waals surface area (Å²) in [6.07, 6.45) is 0.376. The average molecular weight is 313 g/mol. The minimum atomic E-state index is 0.0287. The van der Waals surface area contributed by atoms with Crippen LogP contribution in [-0.4, -0.2) is 15.7 Å². The first kappa shape index (κ1) is 17.3. The van der Waals surface area contributed by atoms with E-state index in [1.807, 2.05) is 37.7 Å². The van der Waals surface area contributed by atoms with E-state index in [2.05, 4.69) is 43.3 Å². The van der Waals surface area contributed by atoms with Gasteiger partial charge in [0.15, 0.2) is 0 Å². The Morgan fingerprint density at radius 1 is 1.22 bits per heavy atom. The van der Waals surface area contributed by atoms with Crippen molar-refractivity contribution in [2.24, 2.45) is 13.0 Å². The van der Waals surface area contributed by atoms with Crippen molar-refractivity contribution in [2.75, 3.05) is 0 Å². The van der Waals surface area contributed by atoms with Gasteiger partial charge in [-0.05, 0) is 37.8 Å². The molecular formula is C19H27N3O. The number of aryl methyl sites for hydroxylation is 3. The number of benzene rings is 1. The number of nitrogens with zero attached hydrogens (tertiary/aromatic N) is 2. The molecule has 0 spiro atoms. The van der Waals surface area contributed by atoms with Crippen LogP contribution in [0.4, 0.5) is 0 Å². The van der Waals surface area contributed by atoms with Gasteiger partial charge in [0.1, 0.15) is 0 Å². The maximum atomic E-state index is 12.6. The molecule has 0 saturated heterocycles. The molecule has 0 aliphatic heterocycles. The molecule has 0 aliphatic carbocycles. The van der Waals surface area contributed by atoms with Crippen molar-refractivity contribution in [1.29, 1.82) is 0 Å². The van der Waals surface area contributed by atoms with Gasteiger partial charge < -0.3 is 5.32 Å². The number of rotatable bonds is 5. The summed E-state index contributed by atoms with van der Waals surface area (Å²) in [4.78, 5) is 12.6. The highest BCUT2D eigenvalue weighted by atomic mass is 16.1. The van der Waals surface area contributed by atoms with E-state index in [1.54, 1.807) is 0 Å². The molecule has 2 aromatic rings. The average Bonchev–Trinajstić information content (AvgIpc) is 2.72. The molecule has 1 aromatic heterocycles. The number of aromatic nitrogens is 2. The van der Waals surface area contributed by atoms with Crippen molar-refractivity contribution in [2.45, 2.75) is 47.1 Å². The van der Waals surface area contributed by atoms with Crippen LogP contribution in [0, 0.1) is 26.7 Å². The Morgan fingerprint density at radius 2 is 1.87 bits per heavy atom. The maximum Gasteiger partial charge on any atom is 0.225 e. The lowest BCUT2D eigenvalue weighted by molar-refractivity contribution is -0.121. The number of nitrogens with one attached hydrogen (secondary N) is 1. The van der Waals surface area contributed by atoms with Gasteiger partial charge in [-0.25, -0.2) is 0 Å². The Labute approximate surface area is 138 Å². The molecule has 0 bridgehead atoms. The van der Waals surface area contributed by atoms with Gasteiger partial charge in [0, 0.05) is 18.3 Å². The van der Waals surface area contributed by atoms with Crippen LogP contribution in [0.25, 0.3) is 0 Å². The smallest absolute Gasteiger partial charge is 0.225 e. The first-order chi connectivity index (χ1) is 10.8. The molecule has 0 fully saturated rings. The predicted molar refractivity (Wildman–Crippen MR) is 93.3 cm³/mol.